The van der Waals surface area contributed by atoms with Gasteiger partial charge in [-0.25, -0.2) is 9.97 Å². The van der Waals surface area contributed by atoms with Crippen molar-refractivity contribution in [3.05, 3.63) is 47.4 Å². The van der Waals surface area contributed by atoms with Gasteiger partial charge in [-0.1, -0.05) is 12.1 Å². The minimum Gasteiger partial charge on any atom is -0.399 e. The van der Waals surface area contributed by atoms with Crippen LogP contribution in [0.4, 0.5) is 11.5 Å². The number of aryl methyl sites for hydroxylation is 2. The van der Waals surface area contributed by atoms with Crippen LogP contribution in [0.2, 0.25) is 0 Å². The summed E-state index contributed by atoms with van der Waals surface area (Å²) in [5.74, 6) is 1.74. The van der Waals surface area contributed by atoms with Crippen LogP contribution < -0.4 is 10.6 Å². The second-order valence-electron chi connectivity index (χ2n) is 4.51. The number of anilines is 2. The predicted molar refractivity (Wildman–Crippen MR) is 74.5 cm³/mol. The van der Waals surface area contributed by atoms with Gasteiger partial charge in [-0.05, 0) is 31.5 Å². The first-order valence-corrected chi connectivity index (χ1v) is 5.92. The number of rotatable bonds is 3. The fraction of sp³-hybridized carbons (Fsp3) is 0.286. The lowest BCUT2D eigenvalue weighted by molar-refractivity contribution is 0.872. The molecule has 0 unspecified atom stereocenters. The zero-order valence-corrected chi connectivity index (χ0v) is 11.0. The largest absolute Gasteiger partial charge is 0.399 e. The summed E-state index contributed by atoms with van der Waals surface area (Å²) in [5.41, 5.74) is 8.66. The van der Waals surface area contributed by atoms with E-state index in [2.05, 4.69) is 14.9 Å². The minimum atomic E-state index is 0.787. The molecule has 1 aromatic heterocycles. The minimum absolute atomic E-state index is 0.787. The summed E-state index contributed by atoms with van der Waals surface area (Å²) >= 11 is 0. The zero-order valence-electron chi connectivity index (χ0n) is 11.0. The van der Waals surface area contributed by atoms with Crippen molar-refractivity contribution >= 4 is 11.5 Å². The molecule has 0 aliphatic carbocycles. The van der Waals surface area contributed by atoms with E-state index in [1.54, 1.807) is 0 Å². The molecule has 4 nitrogen and oxygen atoms in total. The molecule has 0 spiro atoms. The highest BCUT2D eigenvalue weighted by molar-refractivity contribution is 5.43. The summed E-state index contributed by atoms with van der Waals surface area (Å²) in [4.78, 5) is 10.8. The van der Waals surface area contributed by atoms with Gasteiger partial charge < -0.3 is 10.6 Å². The molecule has 0 aliphatic rings. The first-order chi connectivity index (χ1) is 8.54. The van der Waals surface area contributed by atoms with Crippen LogP contribution in [0, 0.1) is 13.8 Å². The number of nitrogens with two attached hydrogens (primary N) is 1. The van der Waals surface area contributed by atoms with Crippen LogP contribution in [0.3, 0.4) is 0 Å². The van der Waals surface area contributed by atoms with Crippen molar-refractivity contribution in [1.82, 2.24) is 9.97 Å². The highest BCUT2D eigenvalue weighted by Gasteiger charge is 2.05. The van der Waals surface area contributed by atoms with E-state index in [1.165, 1.54) is 5.56 Å². The Labute approximate surface area is 107 Å². The van der Waals surface area contributed by atoms with Gasteiger partial charge >= 0.3 is 0 Å². The van der Waals surface area contributed by atoms with Gasteiger partial charge in [0.15, 0.2) is 0 Å². The normalized spacial score (nSPS) is 10.4. The Kier molecular flexibility index (Phi) is 3.46. The monoisotopic (exact) mass is 242 g/mol. The highest BCUT2D eigenvalue weighted by atomic mass is 15.2. The molecule has 0 bridgehead atoms. The maximum atomic E-state index is 5.67. The van der Waals surface area contributed by atoms with Crippen molar-refractivity contribution in [3.63, 3.8) is 0 Å². The Morgan fingerprint density at radius 2 is 1.78 bits per heavy atom. The summed E-state index contributed by atoms with van der Waals surface area (Å²) in [6.45, 7) is 4.69. The Morgan fingerprint density at radius 1 is 1.11 bits per heavy atom. The average Bonchev–Trinajstić information content (AvgIpc) is 2.31. The predicted octanol–water partition coefficient (Wildman–Crippen LogP) is 2.31. The molecular formula is C14H18N4. The summed E-state index contributed by atoms with van der Waals surface area (Å²) in [5, 5.41) is 0. The van der Waals surface area contributed by atoms with Crippen LogP contribution in [-0.4, -0.2) is 17.0 Å². The number of aromatic nitrogens is 2. The average molecular weight is 242 g/mol. The molecule has 18 heavy (non-hydrogen) atoms. The maximum absolute atomic E-state index is 5.67. The highest BCUT2D eigenvalue weighted by Crippen LogP contribution is 2.14. The molecule has 1 heterocycles. The third-order valence-corrected chi connectivity index (χ3v) is 2.74. The SMILES string of the molecule is Cc1cc(N(C)Cc2ccc(N)cc2)nc(C)n1. The molecule has 0 radical (unpaired) electrons. The van der Waals surface area contributed by atoms with Gasteiger partial charge in [-0.2, -0.15) is 0 Å². The fourth-order valence-corrected chi connectivity index (χ4v) is 1.87. The van der Waals surface area contributed by atoms with Crippen molar-refractivity contribution in [1.29, 1.82) is 0 Å². The summed E-state index contributed by atoms with van der Waals surface area (Å²) < 4.78 is 0. The van der Waals surface area contributed by atoms with E-state index in [1.807, 2.05) is 51.2 Å². The molecular weight excluding hydrogens is 224 g/mol. The number of nitrogens with zero attached hydrogens (tertiary/aromatic N) is 3. The van der Waals surface area contributed by atoms with Crippen molar-refractivity contribution in [2.24, 2.45) is 0 Å². The van der Waals surface area contributed by atoms with Gasteiger partial charge in [0.25, 0.3) is 0 Å². The molecule has 0 atom stereocenters. The first kappa shape index (κ1) is 12.4. The smallest absolute Gasteiger partial charge is 0.132 e. The van der Waals surface area contributed by atoms with Crippen molar-refractivity contribution in [3.8, 4) is 0 Å². The topological polar surface area (TPSA) is 55.0 Å². The second kappa shape index (κ2) is 5.04. The van der Waals surface area contributed by atoms with Crippen LogP contribution in [0.5, 0.6) is 0 Å². The maximum Gasteiger partial charge on any atom is 0.132 e. The van der Waals surface area contributed by atoms with Gasteiger partial charge in [0.2, 0.25) is 0 Å². The van der Waals surface area contributed by atoms with E-state index in [9.17, 15) is 0 Å². The van der Waals surface area contributed by atoms with Gasteiger partial charge in [-0.3, -0.25) is 0 Å². The summed E-state index contributed by atoms with van der Waals surface area (Å²) in [7, 11) is 2.03. The third kappa shape index (κ3) is 2.97. The summed E-state index contributed by atoms with van der Waals surface area (Å²) in [6, 6.07) is 9.89. The van der Waals surface area contributed by atoms with Crippen LogP contribution >= 0.6 is 0 Å². The first-order valence-electron chi connectivity index (χ1n) is 5.92. The van der Waals surface area contributed by atoms with E-state index in [-0.39, 0.29) is 0 Å². The quantitative estimate of drug-likeness (QED) is 0.839. The van der Waals surface area contributed by atoms with Crippen molar-refractivity contribution in [2.75, 3.05) is 17.7 Å². The number of hydrogen-bond acceptors (Lipinski definition) is 4. The number of hydrogen-bond donors (Lipinski definition) is 1. The Morgan fingerprint density at radius 3 is 2.39 bits per heavy atom. The van der Waals surface area contributed by atoms with E-state index in [0.717, 1.165) is 29.6 Å². The standard InChI is InChI=1S/C14H18N4/c1-10-8-14(17-11(2)16-10)18(3)9-12-4-6-13(15)7-5-12/h4-8H,9,15H2,1-3H3. The van der Waals surface area contributed by atoms with Gasteiger partial charge in [0, 0.05) is 31.0 Å². The Hall–Kier alpha value is -2.10. The molecule has 0 fully saturated rings. The van der Waals surface area contributed by atoms with E-state index in [0.29, 0.717) is 0 Å². The molecule has 1 aromatic carbocycles. The number of benzene rings is 1. The lowest BCUT2D eigenvalue weighted by atomic mass is 10.2. The molecule has 0 aliphatic heterocycles. The molecule has 2 N–H and O–H groups in total. The molecule has 0 amide bonds. The van der Waals surface area contributed by atoms with Gasteiger partial charge in [-0.15, -0.1) is 0 Å². The van der Waals surface area contributed by atoms with Gasteiger partial charge in [0.05, 0.1) is 0 Å². The zero-order chi connectivity index (χ0) is 13.1. The molecule has 4 heteroatoms. The van der Waals surface area contributed by atoms with Crippen LogP contribution in [0.1, 0.15) is 17.1 Å². The van der Waals surface area contributed by atoms with Crippen molar-refractivity contribution < 1.29 is 0 Å². The molecule has 2 rings (SSSR count). The van der Waals surface area contributed by atoms with Crippen LogP contribution in [0.25, 0.3) is 0 Å². The third-order valence-electron chi connectivity index (χ3n) is 2.74. The lowest BCUT2D eigenvalue weighted by Crippen LogP contribution is -2.18. The van der Waals surface area contributed by atoms with E-state index >= 15 is 0 Å². The molecule has 94 valence electrons. The van der Waals surface area contributed by atoms with Crippen molar-refractivity contribution in [2.45, 2.75) is 20.4 Å². The Bertz CT molecular complexity index is 514. The lowest BCUT2D eigenvalue weighted by Gasteiger charge is -2.19. The molecule has 0 saturated carbocycles. The van der Waals surface area contributed by atoms with Crippen LogP contribution in [0.15, 0.2) is 30.3 Å². The second-order valence-corrected chi connectivity index (χ2v) is 4.51. The summed E-state index contributed by atoms with van der Waals surface area (Å²) in [6.07, 6.45) is 0. The molecule has 2 aromatic rings. The Balaban J connectivity index is 2.16. The number of nitrogen functional groups attached to an aromatic ring is 1. The van der Waals surface area contributed by atoms with Crippen LogP contribution in [-0.2, 0) is 6.54 Å². The van der Waals surface area contributed by atoms with Gasteiger partial charge in [0.1, 0.15) is 11.6 Å². The van der Waals surface area contributed by atoms with E-state index < -0.39 is 0 Å². The fourth-order valence-electron chi connectivity index (χ4n) is 1.87. The van der Waals surface area contributed by atoms with E-state index in [4.69, 9.17) is 5.73 Å². The molecule has 0 saturated heterocycles.